The number of carbonyl (C=O) groups excluding carboxylic acids is 1. The van der Waals surface area contributed by atoms with Crippen molar-refractivity contribution in [3.63, 3.8) is 0 Å². The summed E-state index contributed by atoms with van der Waals surface area (Å²) in [6, 6.07) is 6.94. The first-order chi connectivity index (χ1) is 11.4. The molecule has 8 heteroatoms. The summed E-state index contributed by atoms with van der Waals surface area (Å²) in [5.74, 6) is -3.50. The van der Waals surface area contributed by atoms with Gasteiger partial charge in [-0.3, -0.25) is 9.59 Å². The Hall–Kier alpha value is -3.16. The van der Waals surface area contributed by atoms with Crippen molar-refractivity contribution < 1.29 is 33.4 Å². The minimum atomic E-state index is -1.34. The van der Waals surface area contributed by atoms with Gasteiger partial charge in [0, 0.05) is 12.0 Å². The maximum Gasteiger partial charge on any atom is 0.326 e. The molecule has 0 saturated heterocycles. The van der Waals surface area contributed by atoms with Gasteiger partial charge in [-0.15, -0.1) is 0 Å². The van der Waals surface area contributed by atoms with Crippen LogP contribution in [0.5, 0.6) is 0 Å². The van der Waals surface area contributed by atoms with Gasteiger partial charge in [0.2, 0.25) is 0 Å². The van der Waals surface area contributed by atoms with Crippen molar-refractivity contribution in [3.05, 3.63) is 48.0 Å². The van der Waals surface area contributed by atoms with Crippen LogP contribution in [0.15, 0.2) is 40.8 Å². The largest absolute Gasteiger partial charge is 0.481 e. The van der Waals surface area contributed by atoms with Crippen molar-refractivity contribution in [1.29, 1.82) is 0 Å². The summed E-state index contributed by atoms with van der Waals surface area (Å²) < 4.78 is 18.2. The quantitative estimate of drug-likeness (QED) is 0.713. The van der Waals surface area contributed by atoms with Crippen LogP contribution in [0.1, 0.15) is 23.4 Å². The molecule has 0 bridgehead atoms. The summed E-state index contributed by atoms with van der Waals surface area (Å²) in [6.07, 6.45) is -0.641. The molecule has 1 atom stereocenters. The van der Waals surface area contributed by atoms with E-state index in [2.05, 4.69) is 5.32 Å². The highest BCUT2D eigenvalue weighted by molar-refractivity contribution is 5.94. The van der Waals surface area contributed by atoms with E-state index < -0.39 is 36.1 Å². The van der Waals surface area contributed by atoms with Crippen molar-refractivity contribution in [2.45, 2.75) is 18.9 Å². The number of nitrogens with one attached hydrogen (secondary N) is 1. The number of hydrogen-bond acceptors (Lipinski definition) is 4. The van der Waals surface area contributed by atoms with Crippen LogP contribution in [0.2, 0.25) is 0 Å². The van der Waals surface area contributed by atoms with Crippen molar-refractivity contribution in [2.75, 3.05) is 0 Å². The lowest BCUT2D eigenvalue weighted by molar-refractivity contribution is -0.140. The second kappa shape index (κ2) is 7.40. The monoisotopic (exact) mass is 335 g/mol. The fourth-order valence-electron chi connectivity index (χ4n) is 1.98. The zero-order chi connectivity index (χ0) is 17.7. The normalized spacial score (nSPS) is 11.7. The number of carboxylic acid groups (broad SMARTS) is 2. The van der Waals surface area contributed by atoms with Crippen LogP contribution < -0.4 is 5.32 Å². The highest BCUT2D eigenvalue weighted by atomic mass is 19.1. The van der Waals surface area contributed by atoms with E-state index >= 15 is 0 Å². The molecule has 3 N–H and O–H groups in total. The first kappa shape index (κ1) is 17.2. The Morgan fingerprint density at radius 2 is 1.75 bits per heavy atom. The van der Waals surface area contributed by atoms with Crippen LogP contribution in [-0.4, -0.2) is 34.1 Å². The lowest BCUT2D eigenvalue weighted by Gasteiger charge is -2.12. The number of amides is 1. The van der Waals surface area contributed by atoms with E-state index in [0.29, 0.717) is 11.3 Å². The number of furan rings is 1. The number of rotatable bonds is 7. The summed E-state index contributed by atoms with van der Waals surface area (Å²) >= 11 is 0. The third kappa shape index (κ3) is 4.42. The number of hydrogen-bond donors (Lipinski definition) is 3. The second-order valence-electron chi connectivity index (χ2n) is 4.97. The molecule has 1 amide bonds. The molecule has 0 aliphatic carbocycles. The number of aliphatic carboxylic acids is 2. The molecule has 0 spiro atoms. The van der Waals surface area contributed by atoms with Crippen LogP contribution in [0.25, 0.3) is 11.3 Å². The van der Waals surface area contributed by atoms with E-state index in [1.165, 1.54) is 36.4 Å². The van der Waals surface area contributed by atoms with E-state index in [-0.39, 0.29) is 12.2 Å². The highest BCUT2D eigenvalue weighted by Gasteiger charge is 2.23. The molecule has 1 aromatic heterocycles. The Morgan fingerprint density at radius 3 is 2.33 bits per heavy atom. The molecular formula is C16H14FNO6. The zero-order valence-corrected chi connectivity index (χ0v) is 12.4. The lowest BCUT2D eigenvalue weighted by atomic mass is 10.1. The zero-order valence-electron chi connectivity index (χ0n) is 12.4. The highest BCUT2D eigenvalue weighted by Crippen LogP contribution is 2.22. The number of carbonyl (C=O) groups is 3. The number of carboxylic acids is 2. The van der Waals surface area contributed by atoms with Crippen LogP contribution in [0.3, 0.4) is 0 Å². The SMILES string of the molecule is O=C(O)CC[C@@H](NC(=O)c1ccc(-c2ccc(F)cc2)o1)C(=O)O. The number of benzene rings is 1. The Bertz CT molecular complexity index is 752. The summed E-state index contributed by atoms with van der Waals surface area (Å²) in [4.78, 5) is 33.6. The van der Waals surface area contributed by atoms with Crippen molar-refractivity contribution in [1.82, 2.24) is 5.32 Å². The predicted octanol–water partition coefficient (Wildman–Crippen LogP) is 2.13. The number of halogens is 1. The molecule has 0 fully saturated rings. The van der Waals surface area contributed by atoms with Crippen LogP contribution in [0, 0.1) is 5.82 Å². The molecule has 0 saturated carbocycles. The molecule has 126 valence electrons. The lowest BCUT2D eigenvalue weighted by Crippen LogP contribution is -2.41. The molecule has 0 aliphatic heterocycles. The Balaban J connectivity index is 2.08. The molecule has 2 rings (SSSR count). The van der Waals surface area contributed by atoms with E-state index in [0.717, 1.165) is 0 Å². The fraction of sp³-hybridized carbons (Fsp3) is 0.188. The van der Waals surface area contributed by atoms with E-state index in [1.54, 1.807) is 0 Å². The first-order valence-corrected chi connectivity index (χ1v) is 6.98. The van der Waals surface area contributed by atoms with Gasteiger partial charge in [0.1, 0.15) is 17.6 Å². The molecule has 0 unspecified atom stereocenters. The Labute approximate surface area is 135 Å². The molecule has 1 aromatic carbocycles. The van der Waals surface area contributed by atoms with Crippen molar-refractivity contribution in [2.24, 2.45) is 0 Å². The summed E-state index contributed by atoms with van der Waals surface area (Å²) in [5.41, 5.74) is 0.552. The third-order valence-corrected chi connectivity index (χ3v) is 3.21. The molecule has 0 aliphatic rings. The van der Waals surface area contributed by atoms with Gasteiger partial charge in [0.05, 0.1) is 0 Å². The van der Waals surface area contributed by atoms with Crippen molar-refractivity contribution >= 4 is 17.8 Å². The molecule has 0 radical (unpaired) electrons. The second-order valence-corrected chi connectivity index (χ2v) is 4.97. The molecule has 2 aromatic rings. The van der Waals surface area contributed by atoms with Gasteiger partial charge >= 0.3 is 11.9 Å². The maximum absolute atomic E-state index is 12.9. The fourth-order valence-corrected chi connectivity index (χ4v) is 1.98. The Morgan fingerprint density at radius 1 is 1.08 bits per heavy atom. The minimum Gasteiger partial charge on any atom is -0.481 e. The minimum absolute atomic E-state index is 0.129. The first-order valence-electron chi connectivity index (χ1n) is 6.98. The van der Waals surface area contributed by atoms with E-state index in [9.17, 15) is 18.8 Å². The average molecular weight is 335 g/mol. The molecule has 7 nitrogen and oxygen atoms in total. The van der Waals surface area contributed by atoms with Gasteiger partial charge < -0.3 is 19.9 Å². The molecular weight excluding hydrogens is 321 g/mol. The average Bonchev–Trinajstić information content (AvgIpc) is 3.01. The smallest absolute Gasteiger partial charge is 0.326 e. The van der Waals surface area contributed by atoms with Crippen LogP contribution >= 0.6 is 0 Å². The van der Waals surface area contributed by atoms with Crippen molar-refractivity contribution in [3.8, 4) is 11.3 Å². The predicted molar refractivity (Wildman–Crippen MR) is 79.9 cm³/mol. The van der Waals surface area contributed by atoms with Gasteiger partial charge in [0.25, 0.3) is 5.91 Å². The molecule has 24 heavy (non-hydrogen) atoms. The van der Waals surface area contributed by atoms with Gasteiger partial charge in [-0.05, 0) is 42.8 Å². The summed E-state index contributed by atoms with van der Waals surface area (Å²) in [7, 11) is 0. The van der Waals surface area contributed by atoms with Crippen LogP contribution in [-0.2, 0) is 9.59 Å². The van der Waals surface area contributed by atoms with E-state index in [4.69, 9.17) is 14.6 Å². The van der Waals surface area contributed by atoms with Gasteiger partial charge in [-0.1, -0.05) is 0 Å². The Kier molecular flexibility index (Phi) is 5.31. The third-order valence-electron chi connectivity index (χ3n) is 3.21. The van der Waals surface area contributed by atoms with Gasteiger partial charge in [-0.2, -0.15) is 0 Å². The van der Waals surface area contributed by atoms with E-state index in [1.807, 2.05) is 0 Å². The topological polar surface area (TPSA) is 117 Å². The van der Waals surface area contributed by atoms with Gasteiger partial charge in [0.15, 0.2) is 5.76 Å². The maximum atomic E-state index is 12.9. The summed E-state index contributed by atoms with van der Waals surface area (Å²) in [6.45, 7) is 0. The standard InChI is InChI=1S/C16H14FNO6/c17-10-3-1-9(2-4-10)12-6-7-13(24-12)15(21)18-11(16(22)23)5-8-14(19)20/h1-4,6-7,11H,5,8H2,(H,18,21)(H,19,20)(H,22,23)/t11-/m1/s1. The molecule has 1 heterocycles. The summed E-state index contributed by atoms with van der Waals surface area (Å²) in [5, 5.41) is 19.8. The van der Waals surface area contributed by atoms with Gasteiger partial charge in [-0.25, -0.2) is 9.18 Å². The van der Waals surface area contributed by atoms with Crippen LogP contribution in [0.4, 0.5) is 4.39 Å².